The van der Waals surface area contributed by atoms with Gasteiger partial charge in [0, 0.05) is 25.2 Å². The number of rotatable bonds is 3. The van der Waals surface area contributed by atoms with Crippen LogP contribution in [0.25, 0.3) is 11.1 Å². The van der Waals surface area contributed by atoms with Crippen molar-refractivity contribution in [1.82, 2.24) is 4.90 Å². The lowest BCUT2D eigenvalue weighted by Crippen LogP contribution is -2.48. The minimum absolute atomic E-state index is 0.0484. The Hall–Kier alpha value is -1.69. The second-order valence-corrected chi connectivity index (χ2v) is 5.85. The lowest BCUT2D eigenvalue weighted by atomic mass is 10.1. The van der Waals surface area contributed by atoms with Gasteiger partial charge in [-0.05, 0) is 40.1 Å². The number of nitrogens with zero attached hydrogens (tertiary/aromatic N) is 1. The van der Waals surface area contributed by atoms with Gasteiger partial charge in [-0.3, -0.25) is 4.79 Å². The third-order valence-corrected chi connectivity index (χ3v) is 4.36. The Morgan fingerprint density at radius 2 is 2.10 bits per heavy atom. The first kappa shape index (κ1) is 14.3. The summed E-state index contributed by atoms with van der Waals surface area (Å²) >= 11 is 1.67. The molecular weight excluding hydrogens is 284 g/mol. The summed E-state index contributed by atoms with van der Waals surface area (Å²) in [5, 5.41) is 4.15. The van der Waals surface area contributed by atoms with Crippen molar-refractivity contribution >= 4 is 17.2 Å². The number of carbonyl (C=O) groups is 1. The number of benzene rings is 1. The monoisotopic (exact) mass is 302 g/mol. The first-order valence-electron chi connectivity index (χ1n) is 7.01. The molecule has 1 atom stereocenters. The van der Waals surface area contributed by atoms with E-state index in [-0.39, 0.29) is 12.0 Å². The average Bonchev–Trinajstić information content (AvgIpc) is 3.09. The van der Waals surface area contributed by atoms with Gasteiger partial charge in [0.05, 0.1) is 12.7 Å². The third-order valence-electron chi connectivity index (χ3n) is 3.68. The van der Waals surface area contributed by atoms with Crippen LogP contribution in [0.3, 0.4) is 0 Å². The van der Waals surface area contributed by atoms with Crippen LogP contribution >= 0.6 is 11.3 Å². The van der Waals surface area contributed by atoms with E-state index in [0.717, 1.165) is 5.56 Å². The lowest BCUT2D eigenvalue weighted by Gasteiger charge is -2.32. The Morgan fingerprint density at radius 3 is 2.76 bits per heavy atom. The van der Waals surface area contributed by atoms with Gasteiger partial charge in [0.25, 0.3) is 5.91 Å². The smallest absolute Gasteiger partial charge is 0.254 e. The molecular formula is C16H18N2O2S. The molecule has 3 rings (SSSR count). The molecule has 2 heterocycles. The molecule has 1 aliphatic rings. The third kappa shape index (κ3) is 3.15. The fourth-order valence-electron chi connectivity index (χ4n) is 2.46. The van der Waals surface area contributed by atoms with Crippen LogP contribution in [0.1, 0.15) is 10.4 Å². The summed E-state index contributed by atoms with van der Waals surface area (Å²) in [7, 11) is 0. The van der Waals surface area contributed by atoms with Gasteiger partial charge in [-0.25, -0.2) is 0 Å². The highest BCUT2D eigenvalue weighted by molar-refractivity contribution is 7.08. The predicted molar refractivity (Wildman–Crippen MR) is 84.5 cm³/mol. The van der Waals surface area contributed by atoms with Crippen molar-refractivity contribution in [3.05, 3.63) is 46.7 Å². The quantitative estimate of drug-likeness (QED) is 0.946. The largest absolute Gasteiger partial charge is 0.373 e. The molecule has 0 saturated carbocycles. The van der Waals surface area contributed by atoms with Gasteiger partial charge in [-0.15, -0.1) is 0 Å². The van der Waals surface area contributed by atoms with E-state index in [2.05, 4.69) is 16.8 Å². The number of nitrogens with two attached hydrogens (primary N) is 1. The molecule has 1 amide bonds. The van der Waals surface area contributed by atoms with E-state index in [0.29, 0.717) is 31.8 Å². The van der Waals surface area contributed by atoms with Gasteiger partial charge < -0.3 is 15.4 Å². The van der Waals surface area contributed by atoms with Crippen molar-refractivity contribution in [3.63, 3.8) is 0 Å². The van der Waals surface area contributed by atoms with Crippen LogP contribution in [-0.2, 0) is 4.74 Å². The highest BCUT2D eigenvalue weighted by atomic mass is 32.1. The van der Waals surface area contributed by atoms with Gasteiger partial charge in [0.15, 0.2) is 0 Å². The van der Waals surface area contributed by atoms with E-state index in [4.69, 9.17) is 10.5 Å². The molecule has 5 heteroatoms. The molecule has 2 N–H and O–H groups in total. The van der Waals surface area contributed by atoms with Crippen molar-refractivity contribution in [3.8, 4) is 11.1 Å². The van der Waals surface area contributed by atoms with Crippen molar-refractivity contribution < 1.29 is 9.53 Å². The van der Waals surface area contributed by atoms with Crippen molar-refractivity contribution in [2.24, 2.45) is 5.73 Å². The van der Waals surface area contributed by atoms with E-state index in [1.807, 2.05) is 29.2 Å². The maximum absolute atomic E-state index is 12.5. The summed E-state index contributed by atoms with van der Waals surface area (Å²) in [5.74, 6) is 0.0496. The highest BCUT2D eigenvalue weighted by Crippen LogP contribution is 2.22. The molecule has 1 unspecified atom stereocenters. The number of carbonyl (C=O) groups excluding carboxylic acids is 1. The molecule has 1 saturated heterocycles. The van der Waals surface area contributed by atoms with Crippen molar-refractivity contribution in [2.75, 3.05) is 26.2 Å². The minimum atomic E-state index is -0.0484. The summed E-state index contributed by atoms with van der Waals surface area (Å²) in [6, 6.07) is 9.85. The molecule has 0 radical (unpaired) electrons. The predicted octanol–water partition coefficient (Wildman–Crippen LogP) is 2.21. The van der Waals surface area contributed by atoms with Gasteiger partial charge in [0.1, 0.15) is 0 Å². The molecule has 21 heavy (non-hydrogen) atoms. The van der Waals surface area contributed by atoms with Gasteiger partial charge in [-0.2, -0.15) is 11.3 Å². The van der Waals surface area contributed by atoms with Crippen LogP contribution < -0.4 is 5.73 Å². The number of hydrogen-bond acceptors (Lipinski definition) is 4. The molecule has 110 valence electrons. The number of thiophene rings is 1. The zero-order valence-corrected chi connectivity index (χ0v) is 12.5. The number of ether oxygens (including phenoxy) is 1. The first-order valence-corrected chi connectivity index (χ1v) is 7.96. The van der Waals surface area contributed by atoms with E-state index >= 15 is 0 Å². The van der Waals surface area contributed by atoms with Crippen LogP contribution in [0.4, 0.5) is 0 Å². The molecule has 1 aromatic carbocycles. The topological polar surface area (TPSA) is 55.6 Å². The maximum atomic E-state index is 12.5. The standard InChI is InChI=1S/C16H18N2O2S/c17-9-15-10-18(6-7-20-15)16(19)13-3-1-12(2-4-13)14-5-8-21-11-14/h1-5,8,11,15H,6-7,9-10,17H2. The van der Waals surface area contributed by atoms with Crippen LogP contribution in [0.15, 0.2) is 41.1 Å². The van der Waals surface area contributed by atoms with Gasteiger partial charge in [0.2, 0.25) is 0 Å². The van der Waals surface area contributed by atoms with Gasteiger partial charge >= 0.3 is 0 Å². The maximum Gasteiger partial charge on any atom is 0.254 e. The summed E-state index contributed by atoms with van der Waals surface area (Å²) in [6.45, 7) is 2.20. The molecule has 1 aromatic heterocycles. The van der Waals surface area contributed by atoms with Gasteiger partial charge in [-0.1, -0.05) is 12.1 Å². The Labute approximate surface area is 128 Å². The SMILES string of the molecule is NCC1CN(C(=O)c2ccc(-c3ccsc3)cc2)CCO1. The average molecular weight is 302 g/mol. The normalized spacial score (nSPS) is 18.7. The second-order valence-electron chi connectivity index (χ2n) is 5.07. The molecule has 0 aliphatic carbocycles. The molecule has 1 fully saturated rings. The van der Waals surface area contributed by atoms with Crippen LogP contribution in [0, 0.1) is 0 Å². The van der Waals surface area contributed by atoms with Crippen LogP contribution in [0.2, 0.25) is 0 Å². The van der Waals surface area contributed by atoms with Crippen LogP contribution in [-0.4, -0.2) is 43.2 Å². The summed E-state index contributed by atoms with van der Waals surface area (Å²) in [4.78, 5) is 14.3. The minimum Gasteiger partial charge on any atom is -0.373 e. The Kier molecular flexibility index (Phi) is 4.34. The highest BCUT2D eigenvalue weighted by Gasteiger charge is 2.24. The zero-order chi connectivity index (χ0) is 14.7. The number of hydrogen-bond donors (Lipinski definition) is 1. The molecule has 1 aliphatic heterocycles. The fourth-order valence-corrected chi connectivity index (χ4v) is 3.13. The van der Waals surface area contributed by atoms with E-state index in [1.54, 1.807) is 11.3 Å². The number of amides is 1. The molecule has 0 bridgehead atoms. The van der Waals surface area contributed by atoms with E-state index < -0.39 is 0 Å². The van der Waals surface area contributed by atoms with Crippen molar-refractivity contribution in [2.45, 2.75) is 6.10 Å². The zero-order valence-electron chi connectivity index (χ0n) is 11.7. The van der Waals surface area contributed by atoms with Crippen molar-refractivity contribution in [1.29, 1.82) is 0 Å². The van der Waals surface area contributed by atoms with Crippen LogP contribution in [0.5, 0.6) is 0 Å². The Bertz CT molecular complexity index is 595. The van der Waals surface area contributed by atoms with E-state index in [1.165, 1.54) is 5.56 Å². The summed E-state index contributed by atoms with van der Waals surface area (Å²) in [6.07, 6.45) is -0.0484. The summed E-state index contributed by atoms with van der Waals surface area (Å²) < 4.78 is 5.49. The molecule has 0 spiro atoms. The summed E-state index contributed by atoms with van der Waals surface area (Å²) in [5.41, 5.74) is 8.65. The Morgan fingerprint density at radius 1 is 1.29 bits per heavy atom. The fraction of sp³-hybridized carbons (Fsp3) is 0.312. The van der Waals surface area contributed by atoms with E-state index in [9.17, 15) is 4.79 Å². The lowest BCUT2D eigenvalue weighted by molar-refractivity contribution is -0.0167. The number of morpholine rings is 1. The first-order chi connectivity index (χ1) is 10.3. The Balaban J connectivity index is 1.73. The molecule has 2 aromatic rings. The molecule has 4 nitrogen and oxygen atoms in total. The second kappa shape index (κ2) is 6.39.